The van der Waals surface area contributed by atoms with Crippen molar-refractivity contribution in [3.05, 3.63) is 42.5 Å². The predicted octanol–water partition coefficient (Wildman–Crippen LogP) is 1.89. The van der Waals surface area contributed by atoms with Crippen LogP contribution in [-0.4, -0.2) is 24.3 Å². The van der Waals surface area contributed by atoms with Crippen LogP contribution in [0.2, 0.25) is 0 Å². The van der Waals surface area contributed by atoms with Gasteiger partial charge in [0.2, 0.25) is 0 Å². The van der Waals surface area contributed by atoms with Crippen LogP contribution in [-0.2, 0) is 16.0 Å². The van der Waals surface area contributed by atoms with Gasteiger partial charge in [0.1, 0.15) is 11.5 Å². The number of hydrogen-bond acceptors (Lipinski definition) is 3. The van der Waals surface area contributed by atoms with Crippen molar-refractivity contribution in [2.75, 3.05) is 6.54 Å². The van der Waals surface area contributed by atoms with Crippen molar-refractivity contribution in [2.24, 2.45) is 0 Å². The van der Waals surface area contributed by atoms with Gasteiger partial charge in [0, 0.05) is 13.0 Å². The first-order valence-corrected chi connectivity index (χ1v) is 6.16. The maximum atomic E-state index is 11.6. The zero-order valence-corrected chi connectivity index (χ0v) is 11.3. The highest BCUT2D eigenvalue weighted by atomic mass is 16.5. The summed E-state index contributed by atoms with van der Waals surface area (Å²) in [5, 5.41) is 2.66. The van der Waals surface area contributed by atoms with Gasteiger partial charge in [0.25, 0.3) is 5.91 Å². The minimum absolute atomic E-state index is 0.117. The molecule has 0 bridgehead atoms. The molecule has 1 atom stereocenters. The lowest BCUT2D eigenvalue weighted by Gasteiger charge is -2.14. The summed E-state index contributed by atoms with van der Waals surface area (Å²) in [5.74, 6) is 0.534. The fraction of sp³-hybridized carbons (Fsp3) is 0.333. The molecule has 4 nitrogen and oxygen atoms in total. The van der Waals surface area contributed by atoms with Crippen LogP contribution in [0, 0.1) is 0 Å². The van der Waals surface area contributed by atoms with Gasteiger partial charge < -0.3 is 10.1 Å². The molecule has 0 aliphatic rings. The second-order valence-electron chi connectivity index (χ2n) is 4.32. The van der Waals surface area contributed by atoms with Crippen LogP contribution in [0.15, 0.2) is 36.9 Å². The van der Waals surface area contributed by atoms with E-state index in [-0.39, 0.29) is 11.7 Å². The molecule has 0 aromatic heterocycles. The van der Waals surface area contributed by atoms with E-state index in [1.165, 1.54) is 0 Å². The van der Waals surface area contributed by atoms with Gasteiger partial charge in [-0.2, -0.15) is 0 Å². The number of rotatable bonds is 7. The molecule has 1 N–H and O–H groups in total. The van der Waals surface area contributed by atoms with E-state index in [2.05, 4.69) is 11.9 Å². The van der Waals surface area contributed by atoms with Crippen LogP contribution < -0.4 is 10.1 Å². The lowest BCUT2D eigenvalue weighted by atomic mass is 10.1. The highest BCUT2D eigenvalue weighted by Crippen LogP contribution is 2.14. The normalized spacial score (nSPS) is 11.5. The molecule has 0 saturated heterocycles. The average molecular weight is 261 g/mol. The first kappa shape index (κ1) is 15.0. The van der Waals surface area contributed by atoms with Crippen molar-refractivity contribution in [3.8, 4) is 5.75 Å². The summed E-state index contributed by atoms with van der Waals surface area (Å²) in [6.45, 7) is 7.18. The second kappa shape index (κ2) is 7.36. The van der Waals surface area contributed by atoms with E-state index < -0.39 is 6.10 Å². The van der Waals surface area contributed by atoms with E-state index in [1.54, 1.807) is 32.1 Å². The number of carbonyl (C=O) groups excluding carboxylic acids is 2. The van der Waals surface area contributed by atoms with Crippen molar-refractivity contribution in [1.82, 2.24) is 5.32 Å². The summed E-state index contributed by atoms with van der Waals surface area (Å²) in [4.78, 5) is 22.6. The van der Waals surface area contributed by atoms with Crippen molar-refractivity contribution in [3.63, 3.8) is 0 Å². The fourth-order valence-electron chi connectivity index (χ4n) is 1.55. The molecule has 0 spiro atoms. The Kier molecular flexibility index (Phi) is 5.79. The standard InChI is InChI=1S/C15H19NO3/c1-4-9-16-15(18)12(3)19-14-7-5-13(6-8-14)10-11(2)17/h4-8,12H,1,9-10H2,2-3H3,(H,16,18). The molecular weight excluding hydrogens is 242 g/mol. The Morgan fingerprint density at radius 2 is 2.00 bits per heavy atom. The number of nitrogens with one attached hydrogen (secondary N) is 1. The molecule has 102 valence electrons. The highest BCUT2D eigenvalue weighted by Gasteiger charge is 2.13. The first-order valence-electron chi connectivity index (χ1n) is 6.16. The zero-order chi connectivity index (χ0) is 14.3. The number of Topliss-reactive ketones (excluding diaryl/α,β-unsaturated/α-hetero) is 1. The predicted molar refractivity (Wildman–Crippen MR) is 74.1 cm³/mol. The summed E-state index contributed by atoms with van der Waals surface area (Å²) in [5.41, 5.74) is 0.934. The summed E-state index contributed by atoms with van der Waals surface area (Å²) in [6.07, 6.45) is 1.45. The molecule has 19 heavy (non-hydrogen) atoms. The molecule has 4 heteroatoms. The van der Waals surface area contributed by atoms with Crippen LogP contribution in [0.1, 0.15) is 19.4 Å². The monoisotopic (exact) mass is 261 g/mol. The third-order valence-electron chi connectivity index (χ3n) is 2.48. The van der Waals surface area contributed by atoms with Crippen LogP contribution >= 0.6 is 0 Å². The third-order valence-corrected chi connectivity index (χ3v) is 2.48. The molecule has 1 aromatic carbocycles. The van der Waals surface area contributed by atoms with Crippen LogP contribution in [0.5, 0.6) is 5.75 Å². The number of amides is 1. The van der Waals surface area contributed by atoms with E-state index in [9.17, 15) is 9.59 Å². The third kappa shape index (κ3) is 5.38. The summed E-state index contributed by atoms with van der Waals surface area (Å²) < 4.78 is 5.50. The van der Waals surface area contributed by atoms with Crippen molar-refractivity contribution < 1.29 is 14.3 Å². The van der Waals surface area contributed by atoms with Gasteiger partial charge in [0.05, 0.1) is 0 Å². The van der Waals surface area contributed by atoms with E-state index in [0.717, 1.165) is 5.56 Å². The van der Waals surface area contributed by atoms with Gasteiger partial charge in [-0.3, -0.25) is 9.59 Å². The van der Waals surface area contributed by atoms with Crippen molar-refractivity contribution >= 4 is 11.7 Å². The maximum absolute atomic E-state index is 11.6. The second-order valence-corrected chi connectivity index (χ2v) is 4.32. The van der Waals surface area contributed by atoms with E-state index in [1.807, 2.05) is 12.1 Å². The molecule has 0 aliphatic heterocycles. The minimum Gasteiger partial charge on any atom is -0.481 e. The lowest BCUT2D eigenvalue weighted by molar-refractivity contribution is -0.127. The van der Waals surface area contributed by atoms with Crippen molar-refractivity contribution in [1.29, 1.82) is 0 Å². The Hall–Kier alpha value is -2.10. The fourth-order valence-corrected chi connectivity index (χ4v) is 1.55. The summed E-state index contributed by atoms with van der Waals surface area (Å²) in [7, 11) is 0. The molecule has 0 fully saturated rings. The number of ether oxygens (including phenoxy) is 1. The maximum Gasteiger partial charge on any atom is 0.261 e. The largest absolute Gasteiger partial charge is 0.481 e. The molecule has 1 unspecified atom stereocenters. The number of carbonyl (C=O) groups is 2. The highest BCUT2D eigenvalue weighted by molar-refractivity contribution is 5.80. The van der Waals surface area contributed by atoms with Crippen LogP contribution in [0.3, 0.4) is 0 Å². The van der Waals surface area contributed by atoms with Gasteiger partial charge in [-0.05, 0) is 31.5 Å². The molecule has 0 heterocycles. The Morgan fingerprint density at radius 3 is 2.53 bits per heavy atom. The van der Waals surface area contributed by atoms with Crippen LogP contribution in [0.4, 0.5) is 0 Å². The molecule has 1 rings (SSSR count). The van der Waals surface area contributed by atoms with Crippen LogP contribution in [0.25, 0.3) is 0 Å². The lowest BCUT2D eigenvalue weighted by Crippen LogP contribution is -2.36. The van der Waals surface area contributed by atoms with Crippen molar-refractivity contribution in [2.45, 2.75) is 26.4 Å². The van der Waals surface area contributed by atoms with E-state index >= 15 is 0 Å². The molecule has 0 aliphatic carbocycles. The van der Waals surface area contributed by atoms with Gasteiger partial charge in [-0.15, -0.1) is 6.58 Å². The minimum atomic E-state index is -0.571. The number of hydrogen-bond donors (Lipinski definition) is 1. The zero-order valence-electron chi connectivity index (χ0n) is 11.3. The van der Waals surface area contributed by atoms with Gasteiger partial charge in [-0.1, -0.05) is 18.2 Å². The Bertz CT molecular complexity index is 451. The van der Waals surface area contributed by atoms with E-state index in [0.29, 0.717) is 18.7 Å². The average Bonchev–Trinajstić information content (AvgIpc) is 2.37. The summed E-state index contributed by atoms with van der Waals surface area (Å²) in [6, 6.07) is 7.17. The quantitative estimate of drug-likeness (QED) is 0.763. The SMILES string of the molecule is C=CCNC(=O)C(C)Oc1ccc(CC(C)=O)cc1. The Morgan fingerprint density at radius 1 is 1.37 bits per heavy atom. The Labute approximate surface area is 113 Å². The number of benzene rings is 1. The Balaban J connectivity index is 2.54. The molecule has 1 aromatic rings. The van der Waals surface area contributed by atoms with Gasteiger partial charge in [-0.25, -0.2) is 0 Å². The molecule has 0 radical (unpaired) electrons. The summed E-state index contributed by atoms with van der Waals surface area (Å²) >= 11 is 0. The van der Waals surface area contributed by atoms with Gasteiger partial charge in [0.15, 0.2) is 6.10 Å². The first-order chi connectivity index (χ1) is 9.02. The number of ketones is 1. The van der Waals surface area contributed by atoms with E-state index in [4.69, 9.17) is 4.74 Å². The van der Waals surface area contributed by atoms with Gasteiger partial charge >= 0.3 is 0 Å². The topological polar surface area (TPSA) is 55.4 Å². The molecule has 0 saturated carbocycles. The molecular formula is C15H19NO3. The molecule has 1 amide bonds. The smallest absolute Gasteiger partial charge is 0.261 e.